The number of hydrogen-bond donors (Lipinski definition) is 1. The van der Waals surface area contributed by atoms with Gasteiger partial charge in [-0.15, -0.1) is 11.4 Å². The second-order valence-corrected chi connectivity index (χ2v) is 3.45. The highest BCUT2D eigenvalue weighted by Gasteiger charge is 1.87. The molecule has 0 N–H and O–H groups in total. The Morgan fingerprint density at radius 3 is 2.25 bits per heavy atom. The highest BCUT2D eigenvalue weighted by Crippen LogP contribution is 1.92. The Labute approximate surface area is 59.6 Å². The van der Waals surface area contributed by atoms with E-state index in [-0.39, 0.29) is 0 Å². The lowest BCUT2D eigenvalue weighted by Gasteiger charge is -2.07. The molecule has 8 heavy (non-hydrogen) atoms. The zero-order valence-corrected chi connectivity index (χ0v) is 7.09. The van der Waals surface area contributed by atoms with Crippen LogP contribution >= 0.6 is 23.6 Å². The Hall–Kier alpha value is 0.110. The van der Waals surface area contributed by atoms with Gasteiger partial charge in [0.15, 0.2) is 0 Å². The molecular weight excluding hydrogens is 138 g/mol. The molecule has 3 heteroatoms. The molecule has 0 saturated heterocycles. The van der Waals surface area contributed by atoms with Crippen molar-refractivity contribution in [3.8, 4) is 0 Å². The van der Waals surface area contributed by atoms with Gasteiger partial charge in [-0.2, -0.15) is 0 Å². The molecule has 48 valence electrons. The van der Waals surface area contributed by atoms with Gasteiger partial charge in [-0.1, -0.05) is 17.6 Å². The first kappa shape index (κ1) is 8.11. The molecular formula is C5H11NS2. The zero-order valence-electron chi connectivity index (χ0n) is 5.38. The van der Waals surface area contributed by atoms with E-state index in [0.717, 1.165) is 15.7 Å². The first-order valence-electron chi connectivity index (χ1n) is 2.38. The fourth-order valence-corrected chi connectivity index (χ4v) is 0.994. The van der Waals surface area contributed by atoms with E-state index in [1.54, 1.807) is 0 Å². The van der Waals surface area contributed by atoms with E-state index in [0.29, 0.717) is 0 Å². The third kappa shape index (κ3) is 3.16. The minimum Gasteiger partial charge on any atom is -0.364 e. The van der Waals surface area contributed by atoms with E-state index >= 15 is 0 Å². The van der Waals surface area contributed by atoms with E-state index in [4.69, 9.17) is 12.2 Å². The maximum atomic E-state index is 4.96. The van der Waals surface area contributed by atoms with Gasteiger partial charge in [0.25, 0.3) is 0 Å². The van der Waals surface area contributed by atoms with Crippen LogP contribution in [0.5, 0.6) is 0 Å². The smallest absolute Gasteiger partial charge is 0.127 e. The van der Waals surface area contributed by atoms with Crippen molar-refractivity contribution in [2.75, 3.05) is 14.1 Å². The molecule has 0 aromatic heterocycles. The molecule has 0 saturated carbocycles. The summed E-state index contributed by atoms with van der Waals surface area (Å²) < 4.78 is 0.965. The van der Waals surface area contributed by atoms with E-state index in [2.05, 4.69) is 0 Å². The summed E-state index contributed by atoms with van der Waals surface area (Å²) in [5, 5.41) is 2.03. The summed E-state index contributed by atoms with van der Waals surface area (Å²) in [5.74, 6) is 0. The third-order valence-corrected chi connectivity index (χ3v) is 2.18. The minimum absolute atomic E-state index is 0.965. The number of thiocarbonyl (C=S) groups is 1. The first-order valence-corrected chi connectivity index (χ1v) is 3.75. The van der Waals surface area contributed by atoms with Crippen molar-refractivity contribution in [1.29, 1.82) is 0 Å². The summed E-state index contributed by atoms with van der Waals surface area (Å²) in [6.07, 6.45) is 0. The summed E-state index contributed by atoms with van der Waals surface area (Å²) in [6.45, 7) is 2.00. The molecule has 0 fully saturated rings. The molecule has 0 aliphatic carbocycles. The molecule has 0 aromatic rings. The van der Waals surface area contributed by atoms with Gasteiger partial charge in [0.05, 0.1) is 0 Å². The van der Waals surface area contributed by atoms with Gasteiger partial charge in [0.1, 0.15) is 4.32 Å². The summed E-state index contributed by atoms with van der Waals surface area (Å²) in [4.78, 5) is 1.94. The lowest BCUT2D eigenvalue weighted by molar-refractivity contribution is 0.648. The maximum absolute atomic E-state index is 4.96. The number of hydrogen-bond acceptors (Lipinski definition) is 1. The van der Waals surface area contributed by atoms with Crippen molar-refractivity contribution in [1.82, 2.24) is 4.90 Å². The molecule has 0 aliphatic heterocycles. The van der Waals surface area contributed by atoms with Gasteiger partial charge < -0.3 is 4.90 Å². The number of thiol groups is 1. The molecule has 0 aliphatic rings. The van der Waals surface area contributed by atoms with Crippen molar-refractivity contribution in [2.45, 2.75) is 6.92 Å². The predicted octanol–water partition coefficient (Wildman–Crippen LogP) is 1.12. The van der Waals surface area contributed by atoms with Crippen LogP contribution in [0.2, 0.25) is 0 Å². The topological polar surface area (TPSA) is 3.24 Å². The van der Waals surface area contributed by atoms with Crippen molar-refractivity contribution in [2.24, 2.45) is 0 Å². The molecule has 0 heterocycles. The quantitative estimate of drug-likeness (QED) is 0.406. The standard InChI is InChI=1S/C5H11NS2/c1-4-8-5(7)6(2)3/h4,8H,1-3H3. The largest absolute Gasteiger partial charge is 0.364 e. The van der Waals surface area contributed by atoms with Gasteiger partial charge in [-0.05, 0) is 6.92 Å². The number of nitrogens with zero attached hydrogens (tertiary/aromatic N) is 1. The fourth-order valence-electron chi connectivity index (χ4n) is 0.226. The monoisotopic (exact) mass is 149 g/mol. The van der Waals surface area contributed by atoms with Crippen LogP contribution in [0, 0.1) is 0 Å². The maximum Gasteiger partial charge on any atom is 0.127 e. The third-order valence-electron chi connectivity index (χ3n) is 0.622. The Bertz CT molecular complexity index is 107. The molecule has 1 nitrogen and oxygen atoms in total. The molecule has 0 aromatic carbocycles. The Kier molecular flexibility index (Phi) is 4.09. The van der Waals surface area contributed by atoms with E-state index in [9.17, 15) is 0 Å². The zero-order chi connectivity index (χ0) is 6.57. The lowest BCUT2D eigenvalue weighted by atomic mass is 11.0. The van der Waals surface area contributed by atoms with E-state index in [1.165, 1.54) is 0 Å². The van der Waals surface area contributed by atoms with Gasteiger partial charge in [-0.25, -0.2) is 0 Å². The Balaban J connectivity index is 3.66. The average molecular weight is 149 g/mol. The van der Waals surface area contributed by atoms with Crippen LogP contribution < -0.4 is 0 Å². The summed E-state index contributed by atoms with van der Waals surface area (Å²) in [5.41, 5.74) is 0. The lowest BCUT2D eigenvalue weighted by Crippen LogP contribution is -2.14. The second-order valence-electron chi connectivity index (χ2n) is 1.56. The molecule has 0 amide bonds. The number of rotatable bonds is 0. The van der Waals surface area contributed by atoms with E-state index < -0.39 is 0 Å². The molecule has 0 bridgehead atoms. The van der Waals surface area contributed by atoms with Crippen molar-refractivity contribution < 1.29 is 0 Å². The summed E-state index contributed by atoms with van der Waals surface area (Å²) >= 11 is 6.10. The first-order chi connectivity index (χ1) is 3.68. The predicted molar refractivity (Wildman–Crippen MR) is 47.0 cm³/mol. The van der Waals surface area contributed by atoms with Gasteiger partial charge in [0.2, 0.25) is 0 Å². The molecule has 0 atom stereocenters. The van der Waals surface area contributed by atoms with Crippen LogP contribution in [-0.2, 0) is 0 Å². The Morgan fingerprint density at radius 2 is 2.12 bits per heavy atom. The molecule has 0 radical (unpaired) electrons. The molecule has 0 rings (SSSR count). The van der Waals surface area contributed by atoms with E-state index in [1.807, 2.05) is 31.3 Å². The average Bonchev–Trinajstić information content (AvgIpc) is 1.67. The van der Waals surface area contributed by atoms with Crippen LogP contribution in [0.15, 0.2) is 0 Å². The SMILES string of the molecule is CC=[SH]C(=S)N(C)C. The fraction of sp³-hybridized carbons (Fsp3) is 0.600. The normalized spacial score (nSPS) is 10.9. The summed E-state index contributed by atoms with van der Waals surface area (Å²) in [7, 11) is 3.91. The van der Waals surface area contributed by atoms with Crippen LogP contribution in [0.25, 0.3) is 0 Å². The van der Waals surface area contributed by atoms with Crippen molar-refractivity contribution >= 4 is 33.3 Å². The van der Waals surface area contributed by atoms with Crippen LogP contribution in [0.3, 0.4) is 0 Å². The highest BCUT2D eigenvalue weighted by molar-refractivity contribution is 8.21. The summed E-state index contributed by atoms with van der Waals surface area (Å²) in [6, 6.07) is 0. The molecule has 0 unspecified atom stereocenters. The van der Waals surface area contributed by atoms with Gasteiger partial charge in [0, 0.05) is 14.1 Å². The Morgan fingerprint density at radius 1 is 1.62 bits per heavy atom. The van der Waals surface area contributed by atoms with Crippen LogP contribution in [-0.4, -0.2) is 28.7 Å². The molecule has 0 spiro atoms. The van der Waals surface area contributed by atoms with Gasteiger partial charge >= 0.3 is 0 Å². The van der Waals surface area contributed by atoms with Crippen molar-refractivity contribution in [3.63, 3.8) is 0 Å². The second kappa shape index (κ2) is 4.04. The van der Waals surface area contributed by atoms with Crippen LogP contribution in [0.4, 0.5) is 0 Å². The minimum atomic E-state index is 0.965. The van der Waals surface area contributed by atoms with Crippen molar-refractivity contribution in [3.05, 3.63) is 0 Å². The van der Waals surface area contributed by atoms with Crippen LogP contribution in [0.1, 0.15) is 6.92 Å². The van der Waals surface area contributed by atoms with Gasteiger partial charge in [-0.3, -0.25) is 0 Å². The highest BCUT2D eigenvalue weighted by atomic mass is 32.2.